The van der Waals surface area contributed by atoms with Crippen LogP contribution in [-0.4, -0.2) is 34.8 Å². The normalized spacial score (nSPS) is 11.3. The Morgan fingerprint density at radius 2 is 1.55 bits per heavy atom. The molecule has 10 heteroatoms. The molecule has 3 aromatic carbocycles. The van der Waals surface area contributed by atoms with Crippen molar-refractivity contribution in [1.29, 1.82) is 0 Å². The summed E-state index contributed by atoms with van der Waals surface area (Å²) in [5.74, 6) is -0.801. The first-order valence-electron chi connectivity index (χ1n) is 9.88. The zero-order valence-corrected chi connectivity index (χ0v) is 18.9. The van der Waals surface area contributed by atoms with E-state index in [4.69, 9.17) is 0 Å². The van der Waals surface area contributed by atoms with Crippen LogP contribution in [0.5, 0.6) is 0 Å². The van der Waals surface area contributed by atoms with Crippen LogP contribution in [-0.2, 0) is 20.4 Å². The van der Waals surface area contributed by atoms with Gasteiger partial charge in [-0.1, -0.05) is 48.2 Å². The van der Waals surface area contributed by atoms with Gasteiger partial charge < -0.3 is 5.32 Å². The zero-order valence-electron chi connectivity index (χ0n) is 17.3. The van der Waals surface area contributed by atoms with Crippen molar-refractivity contribution in [3.05, 3.63) is 96.6 Å². The molecule has 0 fully saturated rings. The van der Waals surface area contributed by atoms with Gasteiger partial charge in [0.1, 0.15) is 11.6 Å². The maximum atomic E-state index is 13.0. The average molecular weight is 483 g/mol. The van der Waals surface area contributed by atoms with Gasteiger partial charge in [-0.15, -0.1) is 10.2 Å². The molecule has 0 aliphatic carbocycles. The monoisotopic (exact) mass is 482 g/mol. The van der Waals surface area contributed by atoms with Crippen LogP contribution < -0.4 is 5.32 Å². The van der Waals surface area contributed by atoms with Crippen LogP contribution in [0.4, 0.5) is 10.1 Å². The number of aromatic nitrogens is 3. The Labute approximate surface area is 194 Å². The Balaban J connectivity index is 1.56. The number of hydrogen-bond acceptors (Lipinski definition) is 6. The summed E-state index contributed by atoms with van der Waals surface area (Å²) in [6, 6.07) is 22.7. The van der Waals surface area contributed by atoms with Gasteiger partial charge in [0, 0.05) is 11.4 Å². The Hall–Kier alpha value is -3.50. The standard InChI is InChI=1S/C23H19FN4O3S2/c24-17-11-13-18(14-12-17)25-22(29)15-32-23-27-26-21(28(23)19-7-3-1-4-8-19)16-33(30,31)20-9-5-2-6-10-20/h1-14H,15-16H2,(H,25,29). The number of halogens is 1. The number of sulfone groups is 1. The summed E-state index contributed by atoms with van der Waals surface area (Å²) in [6.45, 7) is 0. The maximum Gasteiger partial charge on any atom is 0.234 e. The van der Waals surface area contributed by atoms with E-state index in [0.29, 0.717) is 16.5 Å². The van der Waals surface area contributed by atoms with Gasteiger partial charge in [0.2, 0.25) is 5.91 Å². The van der Waals surface area contributed by atoms with Crippen LogP contribution >= 0.6 is 11.8 Å². The topological polar surface area (TPSA) is 94.0 Å². The maximum absolute atomic E-state index is 13.0. The molecule has 0 aliphatic rings. The van der Waals surface area contributed by atoms with Crippen LogP contribution in [0.2, 0.25) is 0 Å². The Bertz CT molecular complexity index is 1340. The third-order valence-electron chi connectivity index (χ3n) is 4.60. The quantitative estimate of drug-likeness (QED) is 0.380. The molecular formula is C23H19FN4O3S2. The molecule has 4 aromatic rings. The molecule has 1 heterocycles. The van der Waals surface area contributed by atoms with Gasteiger partial charge in [-0.05, 0) is 48.5 Å². The SMILES string of the molecule is O=C(CSc1nnc(CS(=O)(=O)c2ccccc2)n1-c1ccccc1)Nc1ccc(F)cc1. The Kier molecular flexibility index (Phi) is 6.85. The molecule has 1 amide bonds. The first kappa shape index (κ1) is 22.7. The molecule has 4 rings (SSSR count). The molecule has 0 unspecified atom stereocenters. The highest BCUT2D eigenvalue weighted by Gasteiger charge is 2.23. The second kappa shape index (κ2) is 9.97. The van der Waals surface area contributed by atoms with Crippen molar-refractivity contribution >= 4 is 33.2 Å². The fourth-order valence-electron chi connectivity index (χ4n) is 3.07. The molecule has 0 bridgehead atoms. The van der Waals surface area contributed by atoms with Crippen LogP contribution in [0, 0.1) is 5.82 Å². The van der Waals surface area contributed by atoms with E-state index in [2.05, 4.69) is 15.5 Å². The summed E-state index contributed by atoms with van der Waals surface area (Å²) in [6.07, 6.45) is 0. The van der Waals surface area contributed by atoms with Crippen molar-refractivity contribution in [1.82, 2.24) is 14.8 Å². The Morgan fingerprint density at radius 3 is 2.21 bits per heavy atom. The number of carbonyl (C=O) groups is 1. The van der Waals surface area contributed by atoms with Crippen LogP contribution in [0.3, 0.4) is 0 Å². The number of para-hydroxylation sites is 1. The van der Waals surface area contributed by atoms with Crippen molar-refractivity contribution < 1.29 is 17.6 Å². The number of thioether (sulfide) groups is 1. The largest absolute Gasteiger partial charge is 0.325 e. The molecule has 1 N–H and O–H groups in total. The smallest absolute Gasteiger partial charge is 0.234 e. The lowest BCUT2D eigenvalue weighted by Gasteiger charge is -2.11. The van der Waals surface area contributed by atoms with E-state index in [1.165, 1.54) is 36.4 Å². The molecular weight excluding hydrogens is 463 g/mol. The minimum absolute atomic E-state index is 0.00772. The highest BCUT2D eigenvalue weighted by Crippen LogP contribution is 2.25. The van der Waals surface area contributed by atoms with E-state index >= 15 is 0 Å². The number of rotatable bonds is 8. The van der Waals surface area contributed by atoms with Crippen molar-refractivity contribution in [3.8, 4) is 5.69 Å². The predicted octanol–water partition coefficient (Wildman–Crippen LogP) is 4.11. The summed E-state index contributed by atoms with van der Waals surface area (Å²) in [5.41, 5.74) is 1.16. The molecule has 0 atom stereocenters. The first-order valence-corrected chi connectivity index (χ1v) is 12.5. The Morgan fingerprint density at radius 1 is 0.909 bits per heavy atom. The third-order valence-corrected chi connectivity index (χ3v) is 7.15. The van der Waals surface area contributed by atoms with Gasteiger partial charge in [0.05, 0.1) is 10.6 Å². The van der Waals surface area contributed by atoms with E-state index < -0.39 is 15.7 Å². The second-order valence-electron chi connectivity index (χ2n) is 6.99. The van der Waals surface area contributed by atoms with Crippen LogP contribution in [0.15, 0.2) is 95.0 Å². The predicted molar refractivity (Wildman–Crippen MR) is 124 cm³/mol. The van der Waals surface area contributed by atoms with Crippen molar-refractivity contribution in [2.75, 3.05) is 11.1 Å². The summed E-state index contributed by atoms with van der Waals surface area (Å²) in [4.78, 5) is 12.6. The van der Waals surface area contributed by atoms with Crippen LogP contribution in [0.1, 0.15) is 5.82 Å². The lowest BCUT2D eigenvalue weighted by Crippen LogP contribution is -2.15. The molecule has 0 spiro atoms. The van der Waals surface area contributed by atoms with Crippen molar-refractivity contribution in [3.63, 3.8) is 0 Å². The van der Waals surface area contributed by atoms with Gasteiger partial charge in [-0.2, -0.15) is 0 Å². The van der Waals surface area contributed by atoms with Gasteiger partial charge in [0.25, 0.3) is 0 Å². The number of benzene rings is 3. The fraction of sp³-hybridized carbons (Fsp3) is 0.0870. The summed E-state index contributed by atoms with van der Waals surface area (Å²) in [5, 5.41) is 11.3. The zero-order chi connectivity index (χ0) is 23.3. The van der Waals surface area contributed by atoms with Crippen LogP contribution in [0.25, 0.3) is 5.69 Å². The number of carbonyl (C=O) groups excluding carboxylic acids is 1. The van der Waals surface area contributed by atoms with E-state index in [1.54, 1.807) is 22.8 Å². The number of amides is 1. The van der Waals surface area contributed by atoms with E-state index in [9.17, 15) is 17.6 Å². The minimum Gasteiger partial charge on any atom is -0.325 e. The van der Waals surface area contributed by atoms with E-state index in [1.807, 2.05) is 30.3 Å². The van der Waals surface area contributed by atoms with Crippen molar-refractivity contribution in [2.45, 2.75) is 15.8 Å². The van der Waals surface area contributed by atoms with Gasteiger partial charge >= 0.3 is 0 Å². The molecule has 7 nitrogen and oxygen atoms in total. The highest BCUT2D eigenvalue weighted by molar-refractivity contribution is 7.99. The number of hydrogen-bond donors (Lipinski definition) is 1. The molecule has 0 saturated heterocycles. The van der Waals surface area contributed by atoms with Gasteiger partial charge in [-0.3, -0.25) is 9.36 Å². The highest BCUT2D eigenvalue weighted by atomic mass is 32.2. The third kappa shape index (κ3) is 5.65. The minimum atomic E-state index is -3.65. The molecule has 168 valence electrons. The summed E-state index contributed by atoms with van der Waals surface area (Å²) >= 11 is 1.12. The molecule has 1 aromatic heterocycles. The second-order valence-corrected chi connectivity index (χ2v) is 9.92. The summed E-state index contributed by atoms with van der Waals surface area (Å²) < 4.78 is 40.5. The van der Waals surface area contributed by atoms with Crippen molar-refractivity contribution in [2.24, 2.45) is 0 Å². The molecule has 0 radical (unpaired) electrons. The molecule has 0 aliphatic heterocycles. The average Bonchev–Trinajstić information content (AvgIpc) is 3.22. The van der Waals surface area contributed by atoms with E-state index in [0.717, 1.165) is 11.8 Å². The molecule has 0 saturated carbocycles. The fourth-order valence-corrected chi connectivity index (χ4v) is 5.10. The number of anilines is 1. The van der Waals surface area contributed by atoms with Gasteiger partial charge in [-0.25, -0.2) is 12.8 Å². The lowest BCUT2D eigenvalue weighted by atomic mass is 10.3. The van der Waals surface area contributed by atoms with E-state index in [-0.39, 0.29) is 28.1 Å². The summed E-state index contributed by atoms with van der Waals surface area (Å²) in [7, 11) is -3.65. The molecule has 33 heavy (non-hydrogen) atoms. The first-order chi connectivity index (χ1) is 15.9. The number of nitrogens with one attached hydrogen (secondary N) is 1. The lowest BCUT2D eigenvalue weighted by molar-refractivity contribution is -0.113. The van der Waals surface area contributed by atoms with Gasteiger partial charge in [0.15, 0.2) is 20.8 Å². The number of nitrogens with zero attached hydrogens (tertiary/aromatic N) is 3.